The molecular formula is C46H58N4O6. The molecule has 1 aliphatic carbocycles. The van der Waals surface area contributed by atoms with Crippen molar-refractivity contribution in [2.75, 3.05) is 13.7 Å². The van der Waals surface area contributed by atoms with Crippen molar-refractivity contribution >= 4 is 53.9 Å². The zero-order chi connectivity index (χ0) is 40.4. The van der Waals surface area contributed by atoms with E-state index in [0.717, 1.165) is 74.8 Å². The molecule has 5 heterocycles. The van der Waals surface area contributed by atoms with E-state index >= 15 is 0 Å². The van der Waals surface area contributed by atoms with Crippen molar-refractivity contribution in [3.8, 4) is 0 Å². The highest BCUT2D eigenvalue weighted by Gasteiger charge is 2.49. The number of carbonyl (C=O) groups excluding carboxylic acids is 3. The average Bonchev–Trinajstić information content (AvgIpc) is 3.93. The van der Waals surface area contributed by atoms with Crippen LogP contribution < -0.4 is 26.6 Å². The van der Waals surface area contributed by atoms with Crippen LogP contribution in [0.1, 0.15) is 123 Å². The Morgan fingerprint density at radius 1 is 1.02 bits per heavy atom. The summed E-state index contributed by atoms with van der Waals surface area (Å²) in [6, 6.07) is -0.469. The van der Waals surface area contributed by atoms with Gasteiger partial charge < -0.3 is 34.8 Å². The van der Waals surface area contributed by atoms with Gasteiger partial charge in [0.25, 0.3) is 0 Å². The molecule has 1 unspecified atom stereocenters. The number of aliphatic hydroxyl groups excluding tert-OH is 1. The number of hydrogen-bond acceptors (Lipinski definition) is 7. The SMILES string of the molecule is C=Cc1c2[nH]c(c1C)/C=C1\NC(C3=c4[nH]/c(c(C)c4C(=O)[C@@H]3C(=O)OC)=C\c3[nH]c(/c(=C\O)c3CC)=C\2)[C@@H](CCC(=O)OC/C=C(\C)CCC[C@H](C)CC)[C@@H]1C. The number of carbonyl (C=O) groups is 3. The number of esters is 2. The minimum atomic E-state index is -1.14. The van der Waals surface area contributed by atoms with Crippen LogP contribution in [0.25, 0.3) is 36.1 Å². The van der Waals surface area contributed by atoms with Gasteiger partial charge in [0.15, 0.2) is 5.78 Å². The third-order valence-electron chi connectivity index (χ3n) is 12.5. The van der Waals surface area contributed by atoms with Crippen LogP contribution in [0.5, 0.6) is 0 Å². The molecule has 3 aliphatic rings. The zero-order valence-electron chi connectivity index (χ0n) is 34.2. The highest BCUT2D eigenvalue weighted by Crippen LogP contribution is 2.42. The third kappa shape index (κ3) is 7.50. The van der Waals surface area contributed by atoms with Crippen molar-refractivity contribution in [3.05, 3.63) is 90.1 Å². The van der Waals surface area contributed by atoms with Gasteiger partial charge in [-0.05, 0) is 105 Å². The first-order valence-corrected chi connectivity index (χ1v) is 20.1. The number of allylic oxidation sites excluding steroid dienone is 2. The van der Waals surface area contributed by atoms with Crippen LogP contribution in [0.4, 0.5) is 0 Å². The molecule has 298 valence electrons. The fourth-order valence-electron chi connectivity index (χ4n) is 8.88. The van der Waals surface area contributed by atoms with Crippen molar-refractivity contribution in [3.63, 3.8) is 0 Å². The van der Waals surface area contributed by atoms with Crippen molar-refractivity contribution in [1.82, 2.24) is 20.3 Å². The van der Waals surface area contributed by atoms with Crippen molar-refractivity contribution < 1.29 is 29.0 Å². The lowest BCUT2D eigenvalue weighted by Gasteiger charge is -2.25. The molecule has 2 aliphatic heterocycles. The van der Waals surface area contributed by atoms with Crippen LogP contribution in [0.15, 0.2) is 23.9 Å². The Bertz CT molecular complexity index is 2370. The van der Waals surface area contributed by atoms with Gasteiger partial charge in [-0.2, -0.15) is 0 Å². The van der Waals surface area contributed by atoms with E-state index < -0.39 is 17.9 Å². The molecule has 10 heteroatoms. The van der Waals surface area contributed by atoms with Crippen molar-refractivity contribution in [2.45, 2.75) is 99.5 Å². The van der Waals surface area contributed by atoms with Crippen molar-refractivity contribution in [1.29, 1.82) is 0 Å². The number of ether oxygens (including phenoxy) is 2. The number of hydrogen-bond donors (Lipinski definition) is 5. The van der Waals surface area contributed by atoms with Gasteiger partial charge in [-0.25, -0.2) is 0 Å². The van der Waals surface area contributed by atoms with Gasteiger partial charge in [0.1, 0.15) is 12.5 Å². The lowest BCUT2D eigenvalue weighted by atomic mass is 9.80. The van der Waals surface area contributed by atoms with E-state index in [4.69, 9.17) is 9.47 Å². The first kappa shape index (κ1) is 40.4. The summed E-state index contributed by atoms with van der Waals surface area (Å²) in [5.74, 6) is -1.89. The summed E-state index contributed by atoms with van der Waals surface area (Å²) in [5.41, 5.74) is 9.28. The standard InChI is InChI=1S/C46H58N4O6/c1-10-24(4)14-13-15-25(5)18-19-56-39(52)17-16-31-27(7)34-20-33-26(6)29(11-2)36(47-33)22-38-32(23-51)30(12-3)37(48-38)21-35-28(8)40-44(50-35)41(43(31)49-34)42(45(40)53)46(54)55-9/h11,18,20-24,27,31,42-43,47-51H,2,10,12-17,19H2,1,3-9H3/b25-18+,32-23-,34-20-,35-21-,38-22-/t24-,27+,31+,42-,43?/m1/s1. The summed E-state index contributed by atoms with van der Waals surface area (Å²) in [5, 5.41) is 16.9. The number of aliphatic hydroxyl groups is 1. The molecule has 1 fully saturated rings. The molecule has 3 aromatic rings. The molecule has 5 atom stereocenters. The van der Waals surface area contributed by atoms with E-state index in [2.05, 4.69) is 60.6 Å². The molecule has 3 aromatic heterocycles. The summed E-state index contributed by atoms with van der Waals surface area (Å²) in [4.78, 5) is 51.8. The lowest BCUT2D eigenvalue weighted by molar-refractivity contribution is -0.143. The van der Waals surface area contributed by atoms with Crippen LogP contribution in [0.3, 0.4) is 0 Å². The maximum atomic E-state index is 14.3. The van der Waals surface area contributed by atoms with E-state index in [9.17, 15) is 19.5 Å². The van der Waals surface area contributed by atoms with Crippen LogP contribution in [-0.4, -0.2) is 57.5 Å². The van der Waals surface area contributed by atoms with Gasteiger partial charge >= 0.3 is 11.9 Å². The molecule has 6 rings (SSSR count). The van der Waals surface area contributed by atoms with Gasteiger partial charge in [-0.15, -0.1) is 0 Å². The van der Waals surface area contributed by atoms with E-state index in [-0.39, 0.29) is 36.6 Å². The number of Topliss-reactive ketones (excluding diaryl/α,β-unsaturated/α-hetero) is 1. The van der Waals surface area contributed by atoms with Crippen LogP contribution in [0.2, 0.25) is 0 Å². The van der Waals surface area contributed by atoms with Crippen LogP contribution in [0, 0.1) is 37.5 Å². The fourth-order valence-corrected chi connectivity index (χ4v) is 8.88. The minimum absolute atomic E-state index is 0.0845. The zero-order valence-corrected chi connectivity index (χ0v) is 34.2. The Morgan fingerprint density at radius 3 is 2.45 bits per heavy atom. The quantitative estimate of drug-likeness (QED) is 0.0859. The topological polar surface area (TPSA) is 149 Å². The number of H-pyrrole nitrogens is 3. The van der Waals surface area contributed by atoms with Gasteiger partial charge in [0.2, 0.25) is 0 Å². The van der Waals surface area contributed by atoms with Gasteiger partial charge in [-0.3, -0.25) is 14.4 Å². The minimum Gasteiger partial charge on any atom is -0.515 e. The van der Waals surface area contributed by atoms with E-state index in [1.807, 2.05) is 45.1 Å². The highest BCUT2D eigenvalue weighted by molar-refractivity contribution is 6.19. The smallest absolute Gasteiger partial charge is 0.320 e. The largest absolute Gasteiger partial charge is 0.515 e. The second-order valence-electron chi connectivity index (χ2n) is 15.9. The van der Waals surface area contributed by atoms with E-state index in [1.54, 1.807) is 0 Å². The summed E-state index contributed by atoms with van der Waals surface area (Å²) < 4.78 is 11.0. The third-order valence-corrected chi connectivity index (χ3v) is 12.5. The number of ketones is 1. The summed E-state index contributed by atoms with van der Waals surface area (Å²) in [7, 11) is 1.31. The Hall–Kier alpha value is -5.25. The first-order valence-electron chi connectivity index (χ1n) is 20.1. The van der Waals surface area contributed by atoms with E-state index in [0.29, 0.717) is 40.5 Å². The molecule has 56 heavy (non-hydrogen) atoms. The number of methoxy groups -OCH3 is 1. The Morgan fingerprint density at radius 2 is 1.77 bits per heavy atom. The van der Waals surface area contributed by atoms with Crippen molar-refractivity contribution in [2.24, 2.45) is 23.7 Å². The number of aromatic amines is 3. The summed E-state index contributed by atoms with van der Waals surface area (Å²) in [6.45, 7) is 19.0. The number of fused-ring (bicyclic) bond motifs is 8. The Balaban J connectivity index is 1.46. The number of aromatic nitrogens is 3. The molecular weight excluding hydrogens is 705 g/mol. The normalized spacial score (nSPS) is 23.1. The molecule has 0 aromatic carbocycles. The molecule has 10 nitrogen and oxygen atoms in total. The van der Waals surface area contributed by atoms with Gasteiger partial charge in [-0.1, -0.05) is 58.8 Å². The fraction of sp³-hybridized carbons (Fsp3) is 0.457. The number of rotatable bonds is 13. The molecule has 5 N–H and O–H groups in total. The average molecular weight is 763 g/mol. The van der Waals surface area contributed by atoms with Gasteiger partial charge in [0, 0.05) is 56.8 Å². The first-order chi connectivity index (χ1) is 26.9. The van der Waals surface area contributed by atoms with Crippen LogP contribution >= 0.6 is 0 Å². The Labute approximate surface area is 329 Å². The van der Waals surface area contributed by atoms with E-state index in [1.165, 1.54) is 25.5 Å². The van der Waals surface area contributed by atoms with Crippen LogP contribution in [-0.2, 0) is 25.5 Å². The summed E-state index contributed by atoms with van der Waals surface area (Å²) >= 11 is 0. The monoisotopic (exact) mass is 762 g/mol. The second-order valence-corrected chi connectivity index (χ2v) is 15.9. The van der Waals surface area contributed by atoms with Gasteiger partial charge in [0.05, 0.1) is 30.1 Å². The maximum Gasteiger partial charge on any atom is 0.320 e. The molecule has 0 amide bonds. The lowest BCUT2D eigenvalue weighted by Crippen LogP contribution is -2.38. The highest BCUT2D eigenvalue weighted by atomic mass is 16.5. The molecule has 1 saturated heterocycles. The molecule has 0 saturated carbocycles. The second kappa shape index (κ2) is 16.9. The molecule has 0 radical (unpaired) electrons. The summed E-state index contributed by atoms with van der Waals surface area (Å²) in [6.07, 6.45) is 16.8. The molecule has 0 spiro atoms. The predicted molar refractivity (Wildman–Crippen MR) is 222 cm³/mol. The Kier molecular flexibility index (Phi) is 12.2. The predicted octanol–water partition coefficient (Wildman–Crippen LogP) is 5.65. The molecule has 8 bridgehead atoms. The number of nitrogens with one attached hydrogen (secondary N) is 4. The maximum absolute atomic E-state index is 14.3.